The van der Waals surface area contributed by atoms with Gasteiger partial charge in [-0.05, 0) is 6.07 Å². The van der Waals surface area contributed by atoms with Crippen molar-refractivity contribution < 1.29 is 14.7 Å². The molecule has 5 nitrogen and oxygen atoms in total. The molecule has 0 unspecified atom stereocenters. The van der Waals surface area contributed by atoms with Crippen LogP contribution in [0.15, 0.2) is 11.4 Å². The normalized spacial score (nSPS) is 14.7. The lowest BCUT2D eigenvalue weighted by Gasteiger charge is -2.34. The van der Waals surface area contributed by atoms with Gasteiger partial charge in [0.1, 0.15) is 6.61 Å². The van der Waals surface area contributed by atoms with E-state index in [9.17, 15) is 9.59 Å². The maximum absolute atomic E-state index is 12.3. The average molecular weight is 292 g/mol. The monoisotopic (exact) mass is 292 g/mol. The lowest BCUT2D eigenvalue weighted by Crippen LogP contribution is -2.50. The van der Waals surface area contributed by atoms with Crippen molar-refractivity contribution in [3.8, 4) is 11.8 Å². The van der Waals surface area contributed by atoms with Gasteiger partial charge in [-0.3, -0.25) is 9.59 Å². The Balaban J connectivity index is 1.98. The van der Waals surface area contributed by atoms with Gasteiger partial charge in [-0.2, -0.15) is 0 Å². The second-order valence-electron chi connectivity index (χ2n) is 4.46. The number of hydrogen-bond donors (Lipinski definition) is 1. The van der Waals surface area contributed by atoms with Crippen molar-refractivity contribution in [3.05, 3.63) is 21.9 Å². The molecule has 20 heavy (non-hydrogen) atoms. The number of aliphatic hydroxyl groups excluding tert-OH is 1. The summed E-state index contributed by atoms with van der Waals surface area (Å²) >= 11 is 1.39. The fourth-order valence-corrected chi connectivity index (χ4v) is 2.80. The lowest BCUT2D eigenvalue weighted by atomic mass is 10.2. The van der Waals surface area contributed by atoms with E-state index in [4.69, 9.17) is 5.11 Å². The molecular weight excluding hydrogens is 276 g/mol. The lowest BCUT2D eigenvalue weighted by molar-refractivity contribution is -0.130. The summed E-state index contributed by atoms with van der Waals surface area (Å²) in [5.74, 6) is 5.37. The molecule has 1 aliphatic heterocycles. The topological polar surface area (TPSA) is 60.9 Å². The zero-order valence-electron chi connectivity index (χ0n) is 11.3. The molecule has 0 radical (unpaired) electrons. The Labute approximate surface area is 121 Å². The number of aliphatic hydroxyl groups is 1. The highest BCUT2D eigenvalue weighted by molar-refractivity contribution is 7.10. The van der Waals surface area contributed by atoms with Crippen LogP contribution in [0.3, 0.4) is 0 Å². The van der Waals surface area contributed by atoms with Gasteiger partial charge in [0.25, 0.3) is 5.91 Å². The second-order valence-corrected chi connectivity index (χ2v) is 5.37. The molecule has 1 aromatic rings. The van der Waals surface area contributed by atoms with Gasteiger partial charge in [-0.15, -0.1) is 11.3 Å². The largest absolute Gasteiger partial charge is 0.384 e. The minimum Gasteiger partial charge on any atom is -0.384 e. The molecule has 2 rings (SSSR count). The SMILES string of the molecule is CC(=O)N1CCN(C(=O)c2csc(C#CCO)c2)CC1. The van der Waals surface area contributed by atoms with Crippen LogP contribution < -0.4 is 0 Å². The van der Waals surface area contributed by atoms with Gasteiger partial charge in [0.05, 0.1) is 10.4 Å². The molecule has 0 aromatic carbocycles. The maximum atomic E-state index is 12.3. The number of thiophene rings is 1. The summed E-state index contributed by atoms with van der Waals surface area (Å²) in [6.07, 6.45) is 0. The van der Waals surface area contributed by atoms with E-state index in [0.717, 1.165) is 4.88 Å². The van der Waals surface area contributed by atoms with E-state index in [1.807, 2.05) is 0 Å². The van der Waals surface area contributed by atoms with Gasteiger partial charge < -0.3 is 14.9 Å². The van der Waals surface area contributed by atoms with E-state index in [0.29, 0.717) is 31.7 Å². The first-order valence-corrected chi connectivity index (χ1v) is 7.23. The molecule has 0 bridgehead atoms. The molecule has 1 aromatic heterocycles. The van der Waals surface area contributed by atoms with E-state index in [1.54, 1.807) is 28.2 Å². The molecule has 6 heteroatoms. The van der Waals surface area contributed by atoms with Crippen molar-refractivity contribution in [2.45, 2.75) is 6.92 Å². The van der Waals surface area contributed by atoms with Crippen LogP contribution >= 0.6 is 11.3 Å². The van der Waals surface area contributed by atoms with Crippen molar-refractivity contribution in [2.24, 2.45) is 0 Å². The van der Waals surface area contributed by atoms with E-state index in [2.05, 4.69) is 11.8 Å². The van der Waals surface area contributed by atoms with Gasteiger partial charge in [0.2, 0.25) is 5.91 Å². The van der Waals surface area contributed by atoms with Gasteiger partial charge in [0, 0.05) is 38.5 Å². The fourth-order valence-electron chi connectivity index (χ4n) is 2.05. The van der Waals surface area contributed by atoms with Crippen molar-refractivity contribution in [1.82, 2.24) is 9.80 Å². The Bertz CT molecular complexity index is 562. The Morgan fingerprint density at radius 1 is 1.30 bits per heavy atom. The zero-order valence-corrected chi connectivity index (χ0v) is 12.1. The molecule has 0 atom stereocenters. The van der Waals surface area contributed by atoms with Crippen LogP contribution in [0, 0.1) is 11.8 Å². The predicted octanol–water partition coefficient (Wildman–Crippen LogP) is 0.396. The molecule has 0 aliphatic carbocycles. The standard InChI is InChI=1S/C14H16N2O3S/c1-11(18)15-4-6-16(7-5-15)14(19)12-9-13(20-10-12)3-2-8-17/h9-10,17H,4-8H2,1H3. The third kappa shape index (κ3) is 3.38. The number of carbonyl (C=O) groups excluding carboxylic acids is 2. The highest BCUT2D eigenvalue weighted by Gasteiger charge is 2.23. The Morgan fingerprint density at radius 2 is 1.95 bits per heavy atom. The van der Waals surface area contributed by atoms with E-state index in [-0.39, 0.29) is 18.4 Å². The van der Waals surface area contributed by atoms with Gasteiger partial charge in [0.15, 0.2) is 0 Å². The molecule has 0 saturated carbocycles. The first-order valence-electron chi connectivity index (χ1n) is 6.35. The summed E-state index contributed by atoms with van der Waals surface area (Å²) < 4.78 is 0. The molecule has 0 spiro atoms. The molecular formula is C14H16N2O3S. The van der Waals surface area contributed by atoms with E-state index in [1.165, 1.54) is 11.3 Å². The molecule has 1 N–H and O–H groups in total. The van der Waals surface area contributed by atoms with Crippen LogP contribution in [0.5, 0.6) is 0 Å². The Kier molecular flexibility index (Phi) is 4.77. The number of rotatable bonds is 1. The highest BCUT2D eigenvalue weighted by Crippen LogP contribution is 2.16. The fraction of sp³-hybridized carbons (Fsp3) is 0.429. The first-order chi connectivity index (χ1) is 9.61. The van der Waals surface area contributed by atoms with Crippen LogP contribution in [0.1, 0.15) is 22.2 Å². The smallest absolute Gasteiger partial charge is 0.254 e. The van der Waals surface area contributed by atoms with Crippen molar-refractivity contribution in [3.63, 3.8) is 0 Å². The number of nitrogens with zero attached hydrogens (tertiary/aromatic N) is 2. The summed E-state index contributed by atoms with van der Waals surface area (Å²) in [4.78, 5) is 27.8. The number of piperazine rings is 1. The van der Waals surface area contributed by atoms with Crippen LogP contribution in [0.25, 0.3) is 0 Å². The van der Waals surface area contributed by atoms with Crippen LogP contribution in [-0.2, 0) is 4.79 Å². The van der Waals surface area contributed by atoms with E-state index >= 15 is 0 Å². The number of carbonyl (C=O) groups is 2. The molecule has 1 fully saturated rings. The van der Waals surface area contributed by atoms with Gasteiger partial charge in [-0.25, -0.2) is 0 Å². The van der Waals surface area contributed by atoms with Gasteiger partial charge in [-0.1, -0.05) is 11.8 Å². The minimum absolute atomic E-state index is 0.0264. The molecule has 2 heterocycles. The first kappa shape index (κ1) is 14.6. The van der Waals surface area contributed by atoms with Crippen LogP contribution in [0.2, 0.25) is 0 Å². The minimum atomic E-state index is -0.186. The van der Waals surface area contributed by atoms with Gasteiger partial charge >= 0.3 is 0 Å². The second kappa shape index (κ2) is 6.55. The van der Waals surface area contributed by atoms with Crippen LogP contribution in [-0.4, -0.2) is 59.5 Å². The number of amides is 2. The summed E-state index contributed by atoms with van der Waals surface area (Å²) in [5, 5.41) is 10.4. The maximum Gasteiger partial charge on any atom is 0.254 e. The van der Waals surface area contributed by atoms with Crippen LogP contribution in [0.4, 0.5) is 0 Å². The van der Waals surface area contributed by atoms with Crippen molar-refractivity contribution in [2.75, 3.05) is 32.8 Å². The quantitative estimate of drug-likeness (QED) is 0.762. The molecule has 1 aliphatic rings. The summed E-state index contributed by atoms with van der Waals surface area (Å²) in [5.41, 5.74) is 0.619. The van der Waals surface area contributed by atoms with Crippen molar-refractivity contribution >= 4 is 23.2 Å². The summed E-state index contributed by atoms with van der Waals surface area (Å²) in [6.45, 7) is 3.65. The predicted molar refractivity (Wildman–Crippen MR) is 76.4 cm³/mol. The average Bonchev–Trinajstić information content (AvgIpc) is 2.93. The number of hydrogen-bond acceptors (Lipinski definition) is 4. The molecule has 2 amide bonds. The third-order valence-corrected chi connectivity index (χ3v) is 3.99. The van der Waals surface area contributed by atoms with Crippen molar-refractivity contribution in [1.29, 1.82) is 0 Å². The third-order valence-electron chi connectivity index (χ3n) is 3.15. The van der Waals surface area contributed by atoms with E-state index < -0.39 is 0 Å². The highest BCUT2D eigenvalue weighted by atomic mass is 32.1. The molecule has 106 valence electrons. The zero-order chi connectivity index (χ0) is 14.5. The molecule has 1 saturated heterocycles. The Morgan fingerprint density at radius 3 is 2.55 bits per heavy atom. The summed E-state index contributed by atoms with van der Waals surface area (Å²) in [7, 11) is 0. The summed E-state index contributed by atoms with van der Waals surface area (Å²) in [6, 6.07) is 1.74. The Hall–Kier alpha value is -1.84.